The molecule has 5 rings (SSSR count). The lowest BCUT2D eigenvalue weighted by atomic mass is 10.2. The summed E-state index contributed by atoms with van der Waals surface area (Å²) in [5.74, 6) is 0.369. The molecule has 2 aromatic carbocycles. The van der Waals surface area contributed by atoms with Crippen molar-refractivity contribution in [3.8, 4) is 17.6 Å². The number of carbonyl (C=O) groups is 1. The van der Waals surface area contributed by atoms with Gasteiger partial charge in [-0.25, -0.2) is 9.67 Å². The van der Waals surface area contributed by atoms with E-state index in [-0.39, 0.29) is 17.3 Å². The second-order valence-corrected chi connectivity index (χ2v) is 7.14. The number of nitrogens with zero attached hydrogens (tertiary/aromatic N) is 6. The molecule has 0 saturated heterocycles. The number of anilines is 1. The van der Waals surface area contributed by atoms with Gasteiger partial charge in [0.2, 0.25) is 0 Å². The summed E-state index contributed by atoms with van der Waals surface area (Å²) < 4.78 is 3.15. The van der Waals surface area contributed by atoms with Gasteiger partial charge in [-0.15, -0.1) is 0 Å². The van der Waals surface area contributed by atoms with E-state index < -0.39 is 0 Å². The SMILES string of the molecule is Cc1c(C(=O)Nc2c(C#N)cnn2-c2ccc3ccccc3n2)cnn1-c1ccccc1. The summed E-state index contributed by atoms with van der Waals surface area (Å²) in [7, 11) is 0. The molecule has 32 heavy (non-hydrogen) atoms. The summed E-state index contributed by atoms with van der Waals surface area (Å²) in [6.07, 6.45) is 2.92. The van der Waals surface area contributed by atoms with Crippen molar-refractivity contribution in [3.63, 3.8) is 0 Å². The lowest BCUT2D eigenvalue weighted by Gasteiger charge is -2.10. The number of fused-ring (bicyclic) bond motifs is 1. The fraction of sp³-hybridized carbons (Fsp3) is 0.0417. The fourth-order valence-corrected chi connectivity index (χ4v) is 3.53. The maximum absolute atomic E-state index is 13.1. The van der Waals surface area contributed by atoms with Crippen LogP contribution in [-0.2, 0) is 0 Å². The molecule has 1 N–H and O–H groups in total. The molecule has 1 amide bonds. The second kappa shape index (κ2) is 7.81. The predicted molar refractivity (Wildman–Crippen MR) is 120 cm³/mol. The molecule has 0 atom stereocenters. The Morgan fingerprint density at radius 3 is 2.50 bits per heavy atom. The Labute approximate surface area is 183 Å². The van der Waals surface area contributed by atoms with Crippen molar-refractivity contribution >= 4 is 22.6 Å². The van der Waals surface area contributed by atoms with Crippen LogP contribution < -0.4 is 5.32 Å². The number of benzene rings is 2. The summed E-state index contributed by atoms with van der Waals surface area (Å²) in [5.41, 5.74) is 2.96. The summed E-state index contributed by atoms with van der Waals surface area (Å²) in [4.78, 5) is 17.7. The number of hydrogen-bond acceptors (Lipinski definition) is 5. The van der Waals surface area contributed by atoms with Gasteiger partial charge in [-0.2, -0.15) is 20.1 Å². The predicted octanol–water partition coefficient (Wildman–Crippen LogP) is 4.04. The van der Waals surface area contributed by atoms with Crippen molar-refractivity contribution in [3.05, 3.63) is 95.9 Å². The maximum Gasteiger partial charge on any atom is 0.260 e. The standard InChI is InChI=1S/C24H17N7O/c1-16-20(15-27-30(16)19-8-3-2-4-9-19)24(32)29-23-18(13-25)14-26-31(23)22-12-11-17-7-5-6-10-21(17)28-22/h2-12,14-15H,1H3,(H,29,32). The molecule has 8 nitrogen and oxygen atoms in total. The maximum atomic E-state index is 13.1. The molecular weight excluding hydrogens is 402 g/mol. The van der Waals surface area contributed by atoms with E-state index in [2.05, 4.69) is 26.6 Å². The molecule has 0 fully saturated rings. The van der Waals surface area contributed by atoms with Gasteiger partial charge in [0, 0.05) is 5.39 Å². The van der Waals surface area contributed by atoms with Crippen LogP contribution in [0.2, 0.25) is 0 Å². The summed E-state index contributed by atoms with van der Waals surface area (Å²) in [6.45, 7) is 1.82. The van der Waals surface area contributed by atoms with Crippen LogP contribution in [0.3, 0.4) is 0 Å². The second-order valence-electron chi connectivity index (χ2n) is 7.14. The van der Waals surface area contributed by atoms with E-state index in [4.69, 9.17) is 0 Å². The number of pyridine rings is 1. The molecule has 8 heteroatoms. The van der Waals surface area contributed by atoms with Crippen LogP contribution in [0.1, 0.15) is 21.6 Å². The van der Waals surface area contributed by atoms with E-state index in [9.17, 15) is 10.1 Å². The number of aromatic nitrogens is 5. The lowest BCUT2D eigenvalue weighted by molar-refractivity contribution is 0.102. The Hall–Kier alpha value is -4.77. The minimum Gasteiger partial charge on any atom is -0.305 e. The molecule has 0 bridgehead atoms. The Balaban J connectivity index is 1.51. The minimum atomic E-state index is -0.385. The summed E-state index contributed by atoms with van der Waals surface area (Å²) >= 11 is 0. The zero-order chi connectivity index (χ0) is 22.1. The third-order valence-corrected chi connectivity index (χ3v) is 5.18. The first-order valence-electron chi connectivity index (χ1n) is 9.91. The molecule has 3 aromatic heterocycles. The van der Waals surface area contributed by atoms with Gasteiger partial charge in [-0.05, 0) is 37.3 Å². The highest BCUT2D eigenvalue weighted by molar-refractivity contribution is 6.05. The van der Waals surface area contributed by atoms with Crippen molar-refractivity contribution in [2.75, 3.05) is 5.32 Å². The number of carbonyl (C=O) groups excluding carboxylic acids is 1. The topological polar surface area (TPSA) is 101 Å². The van der Waals surface area contributed by atoms with E-state index in [1.54, 1.807) is 10.7 Å². The van der Waals surface area contributed by atoms with E-state index in [1.807, 2.05) is 67.6 Å². The molecular formula is C24H17N7O. The molecule has 0 aliphatic rings. The summed E-state index contributed by atoms with van der Waals surface area (Å²) in [6, 6.07) is 23.1. The average molecular weight is 419 g/mol. The zero-order valence-corrected chi connectivity index (χ0v) is 17.1. The number of rotatable bonds is 4. The highest BCUT2D eigenvalue weighted by Crippen LogP contribution is 2.22. The van der Waals surface area contributed by atoms with Gasteiger partial charge in [-0.1, -0.05) is 36.4 Å². The number of nitriles is 1. The van der Waals surface area contributed by atoms with Gasteiger partial charge in [0.15, 0.2) is 11.6 Å². The number of para-hydroxylation sites is 2. The fourth-order valence-electron chi connectivity index (χ4n) is 3.53. The molecule has 154 valence electrons. The van der Waals surface area contributed by atoms with Gasteiger partial charge < -0.3 is 5.32 Å². The van der Waals surface area contributed by atoms with E-state index in [0.29, 0.717) is 17.1 Å². The molecule has 0 radical (unpaired) electrons. The van der Waals surface area contributed by atoms with Crippen molar-refractivity contribution in [1.29, 1.82) is 5.26 Å². The normalized spacial score (nSPS) is 10.8. The Morgan fingerprint density at radius 1 is 0.938 bits per heavy atom. The highest BCUT2D eigenvalue weighted by Gasteiger charge is 2.20. The molecule has 0 aliphatic heterocycles. The van der Waals surface area contributed by atoms with Crippen LogP contribution >= 0.6 is 0 Å². The average Bonchev–Trinajstić information content (AvgIpc) is 3.42. The van der Waals surface area contributed by atoms with E-state index in [0.717, 1.165) is 16.6 Å². The lowest BCUT2D eigenvalue weighted by Crippen LogP contribution is -2.17. The Bertz CT molecular complexity index is 1490. The van der Waals surface area contributed by atoms with Crippen LogP contribution in [0.25, 0.3) is 22.4 Å². The third-order valence-electron chi connectivity index (χ3n) is 5.18. The quantitative estimate of drug-likeness (QED) is 0.474. The van der Waals surface area contributed by atoms with Crippen LogP contribution in [-0.4, -0.2) is 30.5 Å². The largest absolute Gasteiger partial charge is 0.305 e. The van der Waals surface area contributed by atoms with E-state index in [1.165, 1.54) is 17.1 Å². The molecule has 0 unspecified atom stereocenters. The monoisotopic (exact) mass is 419 g/mol. The van der Waals surface area contributed by atoms with Gasteiger partial charge in [0.1, 0.15) is 11.6 Å². The van der Waals surface area contributed by atoms with Crippen LogP contribution in [0.5, 0.6) is 0 Å². The highest BCUT2D eigenvalue weighted by atomic mass is 16.1. The third kappa shape index (κ3) is 3.28. The van der Waals surface area contributed by atoms with Crippen LogP contribution in [0.15, 0.2) is 79.1 Å². The van der Waals surface area contributed by atoms with Gasteiger partial charge in [0.25, 0.3) is 5.91 Å². The molecule has 3 heterocycles. The minimum absolute atomic E-state index is 0.237. The van der Waals surface area contributed by atoms with Crippen molar-refractivity contribution in [1.82, 2.24) is 24.5 Å². The molecule has 0 saturated carbocycles. The van der Waals surface area contributed by atoms with Crippen molar-refractivity contribution in [2.45, 2.75) is 6.92 Å². The Morgan fingerprint density at radius 2 is 1.69 bits per heavy atom. The molecule has 0 spiro atoms. The summed E-state index contributed by atoms with van der Waals surface area (Å²) in [5, 5.41) is 22.0. The van der Waals surface area contributed by atoms with Crippen LogP contribution in [0.4, 0.5) is 5.82 Å². The van der Waals surface area contributed by atoms with Crippen molar-refractivity contribution in [2.24, 2.45) is 0 Å². The first-order valence-corrected chi connectivity index (χ1v) is 9.91. The first-order chi connectivity index (χ1) is 15.7. The van der Waals surface area contributed by atoms with Gasteiger partial charge >= 0.3 is 0 Å². The van der Waals surface area contributed by atoms with Crippen molar-refractivity contribution < 1.29 is 4.79 Å². The number of nitrogens with one attached hydrogen (secondary N) is 1. The molecule has 5 aromatic rings. The number of amides is 1. The van der Waals surface area contributed by atoms with Gasteiger partial charge in [0.05, 0.1) is 34.9 Å². The van der Waals surface area contributed by atoms with Gasteiger partial charge in [-0.3, -0.25) is 4.79 Å². The molecule has 0 aliphatic carbocycles. The smallest absolute Gasteiger partial charge is 0.260 e. The van der Waals surface area contributed by atoms with Crippen LogP contribution in [0, 0.1) is 18.3 Å². The zero-order valence-electron chi connectivity index (χ0n) is 17.1. The van der Waals surface area contributed by atoms with E-state index >= 15 is 0 Å². The number of hydrogen-bond donors (Lipinski definition) is 1. The Kier molecular flexibility index (Phi) is 4.69. The first kappa shape index (κ1) is 19.2.